The first-order valence-corrected chi connectivity index (χ1v) is 7.38. The van der Waals surface area contributed by atoms with E-state index in [-0.39, 0.29) is 24.4 Å². The number of pyridine rings is 1. The molecular weight excluding hydrogens is 320 g/mol. The van der Waals surface area contributed by atoms with Gasteiger partial charge in [-0.3, -0.25) is 9.59 Å². The third-order valence-electron chi connectivity index (χ3n) is 3.19. The number of carbonyl (C=O) groups excluding carboxylic acids is 1. The van der Waals surface area contributed by atoms with Crippen molar-refractivity contribution in [3.05, 3.63) is 57.5 Å². The Labute approximate surface area is 138 Å². The predicted octanol–water partition coefficient (Wildman–Crippen LogP) is 1.82. The zero-order valence-corrected chi connectivity index (χ0v) is 13.3. The lowest BCUT2D eigenvalue weighted by Crippen LogP contribution is -2.24. The number of rotatable bonds is 6. The van der Waals surface area contributed by atoms with Gasteiger partial charge in [0.1, 0.15) is 0 Å². The molecule has 0 atom stereocenters. The van der Waals surface area contributed by atoms with Gasteiger partial charge in [-0.25, -0.2) is 0 Å². The molecule has 1 amide bonds. The van der Waals surface area contributed by atoms with Gasteiger partial charge in [0.05, 0.1) is 12.3 Å². The van der Waals surface area contributed by atoms with E-state index in [0.717, 1.165) is 0 Å². The molecule has 2 rings (SSSR count). The van der Waals surface area contributed by atoms with Crippen LogP contribution in [0.3, 0.4) is 0 Å². The fourth-order valence-electron chi connectivity index (χ4n) is 2.08. The van der Waals surface area contributed by atoms with Crippen molar-refractivity contribution in [2.24, 2.45) is 0 Å². The number of anilines is 1. The molecular formula is C16H17ClN2O4. The number of benzene rings is 1. The predicted molar refractivity (Wildman–Crippen MR) is 88.1 cm³/mol. The minimum Gasteiger partial charge on any atom is -0.478 e. The highest BCUT2D eigenvalue weighted by molar-refractivity contribution is 6.30. The molecule has 2 N–H and O–H groups in total. The standard InChI is InChI=1S/C16H17ClN2O4/c1-11-16(14(21)5-6-19(11)7-8-20)23-10-15(22)18-13-4-2-3-12(17)9-13/h2-6,9,20H,7-8,10H2,1H3,(H,18,22). The summed E-state index contributed by atoms with van der Waals surface area (Å²) in [6.45, 7) is 1.68. The fourth-order valence-corrected chi connectivity index (χ4v) is 2.27. The van der Waals surface area contributed by atoms with E-state index in [1.807, 2.05) is 0 Å². The van der Waals surface area contributed by atoms with Crippen LogP contribution in [-0.2, 0) is 11.3 Å². The number of hydrogen-bond acceptors (Lipinski definition) is 4. The van der Waals surface area contributed by atoms with Crippen LogP contribution in [0.5, 0.6) is 5.75 Å². The average molecular weight is 337 g/mol. The Morgan fingerprint density at radius 1 is 1.39 bits per heavy atom. The Morgan fingerprint density at radius 2 is 2.17 bits per heavy atom. The Bertz CT molecular complexity index is 758. The molecule has 0 radical (unpaired) electrons. The Hall–Kier alpha value is -2.31. The van der Waals surface area contributed by atoms with Crippen molar-refractivity contribution in [2.75, 3.05) is 18.5 Å². The second kappa shape index (κ2) is 7.80. The largest absolute Gasteiger partial charge is 0.478 e. The molecule has 2 aromatic rings. The van der Waals surface area contributed by atoms with Gasteiger partial charge in [0.25, 0.3) is 5.91 Å². The number of nitrogens with zero attached hydrogens (tertiary/aromatic N) is 1. The number of amides is 1. The van der Waals surface area contributed by atoms with Crippen molar-refractivity contribution in [3.8, 4) is 5.75 Å². The molecule has 0 saturated heterocycles. The van der Waals surface area contributed by atoms with E-state index >= 15 is 0 Å². The van der Waals surface area contributed by atoms with Crippen molar-refractivity contribution < 1.29 is 14.6 Å². The molecule has 1 heterocycles. The normalized spacial score (nSPS) is 10.4. The molecule has 122 valence electrons. The number of carbonyl (C=O) groups is 1. The first-order chi connectivity index (χ1) is 11.0. The molecule has 0 fully saturated rings. The molecule has 0 aliphatic heterocycles. The maximum Gasteiger partial charge on any atom is 0.262 e. The highest BCUT2D eigenvalue weighted by Crippen LogP contribution is 2.15. The lowest BCUT2D eigenvalue weighted by atomic mass is 10.3. The molecule has 0 aliphatic rings. The summed E-state index contributed by atoms with van der Waals surface area (Å²) in [7, 11) is 0. The summed E-state index contributed by atoms with van der Waals surface area (Å²) < 4.78 is 7.04. The monoisotopic (exact) mass is 336 g/mol. The molecule has 0 unspecified atom stereocenters. The SMILES string of the molecule is Cc1c(OCC(=O)Nc2cccc(Cl)c2)c(=O)ccn1CCO. The van der Waals surface area contributed by atoms with Gasteiger partial charge in [-0.1, -0.05) is 17.7 Å². The van der Waals surface area contributed by atoms with E-state index in [1.165, 1.54) is 6.07 Å². The topological polar surface area (TPSA) is 80.6 Å². The number of aromatic nitrogens is 1. The molecule has 0 bridgehead atoms. The summed E-state index contributed by atoms with van der Waals surface area (Å²) in [5.41, 5.74) is 0.794. The van der Waals surface area contributed by atoms with Gasteiger partial charge in [-0.15, -0.1) is 0 Å². The van der Waals surface area contributed by atoms with Crippen LogP contribution in [0.25, 0.3) is 0 Å². The van der Waals surface area contributed by atoms with Gasteiger partial charge in [0.2, 0.25) is 5.43 Å². The van der Waals surface area contributed by atoms with E-state index in [1.54, 1.807) is 42.0 Å². The third-order valence-corrected chi connectivity index (χ3v) is 3.42. The van der Waals surface area contributed by atoms with Gasteiger partial charge in [-0.05, 0) is 25.1 Å². The summed E-state index contributed by atoms with van der Waals surface area (Å²) >= 11 is 5.84. The van der Waals surface area contributed by atoms with Crippen molar-refractivity contribution >= 4 is 23.2 Å². The second-order valence-corrected chi connectivity index (χ2v) is 5.30. The average Bonchev–Trinajstić information content (AvgIpc) is 2.50. The minimum atomic E-state index is -0.399. The van der Waals surface area contributed by atoms with Crippen molar-refractivity contribution in [3.63, 3.8) is 0 Å². The second-order valence-electron chi connectivity index (χ2n) is 4.86. The van der Waals surface area contributed by atoms with Crippen LogP contribution in [0.15, 0.2) is 41.3 Å². The van der Waals surface area contributed by atoms with Crippen LogP contribution in [0, 0.1) is 6.92 Å². The first-order valence-electron chi connectivity index (χ1n) is 7.00. The molecule has 1 aromatic heterocycles. The number of hydrogen-bond donors (Lipinski definition) is 2. The summed E-state index contributed by atoms with van der Waals surface area (Å²) in [5.74, 6) is -0.300. The maximum absolute atomic E-state index is 11.9. The summed E-state index contributed by atoms with van der Waals surface area (Å²) in [5, 5.41) is 12.1. The lowest BCUT2D eigenvalue weighted by molar-refractivity contribution is -0.118. The van der Waals surface area contributed by atoms with Gasteiger partial charge >= 0.3 is 0 Å². The van der Waals surface area contributed by atoms with Crippen LogP contribution in [0.4, 0.5) is 5.69 Å². The molecule has 1 aromatic carbocycles. The van der Waals surface area contributed by atoms with E-state index < -0.39 is 5.91 Å². The molecule has 0 spiro atoms. The summed E-state index contributed by atoms with van der Waals surface area (Å²) in [6.07, 6.45) is 1.58. The zero-order chi connectivity index (χ0) is 16.8. The van der Waals surface area contributed by atoms with E-state index in [2.05, 4.69) is 5.32 Å². The number of nitrogens with one attached hydrogen (secondary N) is 1. The third kappa shape index (κ3) is 4.58. The maximum atomic E-state index is 11.9. The van der Waals surface area contributed by atoms with Crippen LogP contribution < -0.4 is 15.5 Å². The van der Waals surface area contributed by atoms with Crippen molar-refractivity contribution in [2.45, 2.75) is 13.5 Å². The molecule has 0 saturated carbocycles. The van der Waals surface area contributed by atoms with E-state index in [0.29, 0.717) is 22.9 Å². The summed E-state index contributed by atoms with van der Waals surface area (Å²) in [4.78, 5) is 23.8. The Balaban J connectivity index is 2.04. The van der Waals surface area contributed by atoms with Crippen LogP contribution in [-0.4, -0.2) is 28.8 Å². The van der Waals surface area contributed by atoms with Gasteiger partial charge in [-0.2, -0.15) is 0 Å². The lowest BCUT2D eigenvalue weighted by Gasteiger charge is -2.14. The van der Waals surface area contributed by atoms with Gasteiger partial charge < -0.3 is 19.7 Å². The Morgan fingerprint density at radius 3 is 2.87 bits per heavy atom. The van der Waals surface area contributed by atoms with Crippen LogP contribution >= 0.6 is 11.6 Å². The molecule has 0 aliphatic carbocycles. The number of aliphatic hydroxyl groups excluding tert-OH is 1. The fraction of sp³-hybridized carbons (Fsp3) is 0.250. The molecule has 23 heavy (non-hydrogen) atoms. The van der Waals surface area contributed by atoms with Crippen molar-refractivity contribution in [1.82, 2.24) is 4.57 Å². The van der Waals surface area contributed by atoms with Gasteiger partial charge in [0.15, 0.2) is 12.4 Å². The van der Waals surface area contributed by atoms with Crippen LogP contribution in [0.2, 0.25) is 5.02 Å². The Kier molecular flexibility index (Phi) is 5.78. The quantitative estimate of drug-likeness (QED) is 0.843. The van der Waals surface area contributed by atoms with Gasteiger partial charge in [0, 0.05) is 29.5 Å². The smallest absolute Gasteiger partial charge is 0.262 e. The van der Waals surface area contributed by atoms with Crippen molar-refractivity contribution in [1.29, 1.82) is 0 Å². The number of aliphatic hydroxyl groups is 1. The van der Waals surface area contributed by atoms with Crippen LogP contribution in [0.1, 0.15) is 5.69 Å². The number of halogens is 1. The summed E-state index contributed by atoms with van der Waals surface area (Å²) in [6, 6.07) is 8.07. The van der Waals surface area contributed by atoms with E-state index in [9.17, 15) is 9.59 Å². The first kappa shape index (κ1) is 17.1. The highest BCUT2D eigenvalue weighted by atomic mass is 35.5. The minimum absolute atomic E-state index is 0.0571. The molecule has 7 heteroatoms. The van der Waals surface area contributed by atoms with E-state index in [4.69, 9.17) is 21.4 Å². The zero-order valence-electron chi connectivity index (χ0n) is 12.6. The highest BCUT2D eigenvalue weighted by Gasteiger charge is 2.11. The number of ether oxygens (including phenoxy) is 1. The molecule has 6 nitrogen and oxygen atoms in total.